The molecule has 0 atom stereocenters. The normalized spacial score (nSPS) is 10.4. The van der Waals surface area contributed by atoms with Crippen molar-refractivity contribution in [1.82, 2.24) is 14.9 Å². The zero-order valence-corrected chi connectivity index (χ0v) is 13.7. The van der Waals surface area contributed by atoms with Gasteiger partial charge in [-0.25, -0.2) is 0 Å². The third-order valence-corrected chi connectivity index (χ3v) is 3.85. The Morgan fingerprint density at radius 1 is 0.960 bits per heavy atom. The minimum atomic E-state index is -0.164. The van der Waals surface area contributed by atoms with E-state index < -0.39 is 0 Å². The third-order valence-electron chi connectivity index (χ3n) is 3.85. The van der Waals surface area contributed by atoms with Crippen LogP contribution in [0.3, 0.4) is 0 Å². The first-order chi connectivity index (χ1) is 12.3. The topological polar surface area (TPSA) is 66.3 Å². The number of hydrogen-bond acceptors (Lipinski definition) is 4. The Labute approximate surface area is 146 Å². The summed E-state index contributed by atoms with van der Waals surface area (Å²) in [4.78, 5) is 22.8. The zero-order valence-electron chi connectivity index (χ0n) is 13.7. The van der Waals surface area contributed by atoms with Gasteiger partial charge in [0.15, 0.2) is 0 Å². The molecule has 0 aliphatic carbocycles. The molecular formula is C20H19N3O2. The number of carbonyl (C=O) groups excluding carboxylic acids is 1. The molecule has 3 aromatic rings. The second-order valence-electron chi connectivity index (χ2n) is 5.64. The van der Waals surface area contributed by atoms with Crippen LogP contribution in [-0.2, 0) is 6.54 Å². The summed E-state index contributed by atoms with van der Waals surface area (Å²) in [6.07, 6.45) is 6.71. The lowest BCUT2D eigenvalue weighted by molar-refractivity contribution is 0.0707. The van der Waals surface area contributed by atoms with E-state index in [0.717, 1.165) is 16.7 Å². The maximum absolute atomic E-state index is 12.9. The highest BCUT2D eigenvalue weighted by molar-refractivity contribution is 5.95. The molecule has 0 unspecified atom stereocenters. The van der Waals surface area contributed by atoms with Crippen LogP contribution in [-0.4, -0.2) is 39.0 Å². The number of rotatable bonds is 6. The number of carbonyl (C=O) groups is 1. The monoisotopic (exact) mass is 333 g/mol. The van der Waals surface area contributed by atoms with Crippen molar-refractivity contribution in [3.63, 3.8) is 0 Å². The van der Waals surface area contributed by atoms with Crippen LogP contribution in [0.5, 0.6) is 0 Å². The smallest absolute Gasteiger partial charge is 0.255 e. The van der Waals surface area contributed by atoms with E-state index in [-0.39, 0.29) is 19.1 Å². The first-order valence-corrected chi connectivity index (χ1v) is 8.07. The highest BCUT2D eigenvalue weighted by Crippen LogP contribution is 2.20. The van der Waals surface area contributed by atoms with Crippen LogP contribution >= 0.6 is 0 Å². The van der Waals surface area contributed by atoms with E-state index >= 15 is 0 Å². The Kier molecular flexibility index (Phi) is 5.49. The van der Waals surface area contributed by atoms with Crippen LogP contribution < -0.4 is 0 Å². The first kappa shape index (κ1) is 16.8. The van der Waals surface area contributed by atoms with Gasteiger partial charge in [0, 0.05) is 43.4 Å². The zero-order chi connectivity index (χ0) is 17.5. The second-order valence-corrected chi connectivity index (χ2v) is 5.64. The highest BCUT2D eigenvalue weighted by Gasteiger charge is 2.17. The molecule has 0 aliphatic rings. The predicted molar refractivity (Wildman–Crippen MR) is 95.7 cm³/mol. The van der Waals surface area contributed by atoms with Gasteiger partial charge in [0.05, 0.1) is 12.2 Å². The molecule has 3 rings (SSSR count). The molecule has 0 saturated heterocycles. The van der Waals surface area contributed by atoms with E-state index in [0.29, 0.717) is 12.1 Å². The molecule has 0 aliphatic heterocycles. The van der Waals surface area contributed by atoms with E-state index in [1.807, 2.05) is 48.5 Å². The summed E-state index contributed by atoms with van der Waals surface area (Å²) in [7, 11) is 0. The van der Waals surface area contributed by atoms with Crippen molar-refractivity contribution < 1.29 is 9.90 Å². The van der Waals surface area contributed by atoms with Crippen LogP contribution in [0.25, 0.3) is 11.1 Å². The van der Waals surface area contributed by atoms with E-state index in [1.54, 1.807) is 29.7 Å². The summed E-state index contributed by atoms with van der Waals surface area (Å²) < 4.78 is 0. The molecule has 5 nitrogen and oxygen atoms in total. The van der Waals surface area contributed by atoms with Gasteiger partial charge in [-0.2, -0.15) is 0 Å². The summed E-state index contributed by atoms with van der Waals surface area (Å²) in [5.74, 6) is -0.164. The van der Waals surface area contributed by atoms with Crippen molar-refractivity contribution in [3.8, 4) is 11.1 Å². The molecule has 1 N–H and O–H groups in total. The molecule has 25 heavy (non-hydrogen) atoms. The van der Waals surface area contributed by atoms with Crippen molar-refractivity contribution in [2.75, 3.05) is 13.2 Å². The average Bonchev–Trinajstić information content (AvgIpc) is 2.69. The van der Waals surface area contributed by atoms with Gasteiger partial charge in [0.2, 0.25) is 0 Å². The SMILES string of the molecule is O=C(c1cncc(-c2ccccc2)c1)N(CCO)Cc1cccnc1. The molecule has 0 saturated carbocycles. The Morgan fingerprint density at radius 3 is 2.52 bits per heavy atom. The molecule has 0 radical (unpaired) electrons. The number of nitrogens with zero attached hydrogens (tertiary/aromatic N) is 3. The van der Waals surface area contributed by atoms with Crippen molar-refractivity contribution in [1.29, 1.82) is 0 Å². The number of pyridine rings is 2. The van der Waals surface area contributed by atoms with Crippen LogP contribution in [0, 0.1) is 0 Å². The van der Waals surface area contributed by atoms with Gasteiger partial charge in [-0.1, -0.05) is 36.4 Å². The van der Waals surface area contributed by atoms with Gasteiger partial charge < -0.3 is 10.0 Å². The van der Waals surface area contributed by atoms with Crippen LogP contribution in [0.1, 0.15) is 15.9 Å². The minimum Gasteiger partial charge on any atom is -0.395 e. The molecular weight excluding hydrogens is 314 g/mol. The average molecular weight is 333 g/mol. The molecule has 126 valence electrons. The summed E-state index contributed by atoms with van der Waals surface area (Å²) in [5.41, 5.74) is 3.30. The van der Waals surface area contributed by atoms with Gasteiger partial charge in [-0.15, -0.1) is 0 Å². The van der Waals surface area contributed by atoms with Crippen LogP contribution in [0.4, 0.5) is 0 Å². The summed E-state index contributed by atoms with van der Waals surface area (Å²) in [6.45, 7) is 0.546. The number of amides is 1. The maximum atomic E-state index is 12.9. The van der Waals surface area contributed by atoms with Crippen molar-refractivity contribution in [3.05, 3.63) is 84.4 Å². The van der Waals surface area contributed by atoms with E-state index in [9.17, 15) is 9.90 Å². The maximum Gasteiger partial charge on any atom is 0.255 e. The summed E-state index contributed by atoms with van der Waals surface area (Å²) in [5, 5.41) is 9.32. The van der Waals surface area contributed by atoms with Crippen molar-refractivity contribution in [2.45, 2.75) is 6.54 Å². The molecule has 0 bridgehead atoms. The Bertz CT molecular complexity index is 823. The molecule has 1 amide bonds. The lowest BCUT2D eigenvalue weighted by Crippen LogP contribution is -2.33. The third kappa shape index (κ3) is 4.28. The van der Waals surface area contributed by atoms with Gasteiger partial charge >= 0.3 is 0 Å². The molecule has 1 aromatic carbocycles. The van der Waals surface area contributed by atoms with Crippen molar-refractivity contribution >= 4 is 5.91 Å². The number of aromatic nitrogens is 2. The van der Waals surface area contributed by atoms with E-state index in [1.165, 1.54) is 0 Å². The Morgan fingerprint density at radius 2 is 1.80 bits per heavy atom. The van der Waals surface area contributed by atoms with Gasteiger partial charge in [-0.3, -0.25) is 14.8 Å². The second kappa shape index (κ2) is 8.17. The largest absolute Gasteiger partial charge is 0.395 e. The first-order valence-electron chi connectivity index (χ1n) is 8.07. The molecule has 2 heterocycles. The van der Waals surface area contributed by atoms with Crippen LogP contribution in [0.15, 0.2) is 73.3 Å². The molecule has 2 aromatic heterocycles. The van der Waals surface area contributed by atoms with Gasteiger partial charge in [-0.05, 0) is 23.3 Å². The lowest BCUT2D eigenvalue weighted by atomic mass is 10.1. The van der Waals surface area contributed by atoms with Crippen LogP contribution in [0.2, 0.25) is 0 Å². The number of aliphatic hydroxyl groups excluding tert-OH is 1. The summed E-state index contributed by atoms with van der Waals surface area (Å²) >= 11 is 0. The Balaban J connectivity index is 1.84. The number of benzene rings is 1. The van der Waals surface area contributed by atoms with Crippen molar-refractivity contribution in [2.24, 2.45) is 0 Å². The Hall–Kier alpha value is -3.05. The molecule has 5 heteroatoms. The number of aliphatic hydroxyl groups is 1. The molecule has 0 fully saturated rings. The van der Waals surface area contributed by atoms with Gasteiger partial charge in [0.25, 0.3) is 5.91 Å². The van der Waals surface area contributed by atoms with E-state index in [2.05, 4.69) is 9.97 Å². The molecule has 0 spiro atoms. The minimum absolute atomic E-state index is 0.0994. The number of hydrogen-bond donors (Lipinski definition) is 1. The lowest BCUT2D eigenvalue weighted by Gasteiger charge is -2.22. The van der Waals surface area contributed by atoms with E-state index in [4.69, 9.17) is 0 Å². The fraction of sp³-hybridized carbons (Fsp3) is 0.150. The summed E-state index contributed by atoms with van der Waals surface area (Å²) in [6, 6.07) is 15.4. The fourth-order valence-electron chi connectivity index (χ4n) is 2.61. The highest BCUT2D eigenvalue weighted by atomic mass is 16.3. The predicted octanol–water partition coefficient (Wildman–Crippen LogP) is 2.78. The standard InChI is InChI=1S/C20H19N3O2/c24-10-9-23(15-16-5-4-8-21-12-16)20(25)19-11-18(13-22-14-19)17-6-2-1-3-7-17/h1-8,11-14,24H,9-10,15H2. The van der Waals surface area contributed by atoms with Gasteiger partial charge in [0.1, 0.15) is 0 Å². The quantitative estimate of drug-likeness (QED) is 0.753. The fourth-order valence-corrected chi connectivity index (χ4v) is 2.61.